The van der Waals surface area contributed by atoms with Crippen molar-refractivity contribution in [3.05, 3.63) is 79.4 Å². The monoisotopic (exact) mass is 529 g/mol. The van der Waals surface area contributed by atoms with Gasteiger partial charge in [0.15, 0.2) is 23.9 Å². The van der Waals surface area contributed by atoms with Gasteiger partial charge in [-0.05, 0) is 47.9 Å². The minimum Gasteiger partial charge on any atom is -0.619 e. The highest BCUT2D eigenvalue weighted by atomic mass is 35.5. The van der Waals surface area contributed by atoms with Gasteiger partial charge in [0.25, 0.3) is 0 Å². The summed E-state index contributed by atoms with van der Waals surface area (Å²) < 4.78 is 42.4. The SMILES string of the molecule is O=C(OC(Cc1c(Cl)c[n+]([O-])cc1Cl)c1ccc(OC(F)F)c(OCC2CC2)c1)c1cccs1. The van der Waals surface area contributed by atoms with Gasteiger partial charge in [-0.2, -0.15) is 13.5 Å². The minimum atomic E-state index is -3.03. The summed E-state index contributed by atoms with van der Waals surface area (Å²) in [5.41, 5.74) is 0.857. The van der Waals surface area contributed by atoms with E-state index in [0.717, 1.165) is 25.2 Å². The summed E-state index contributed by atoms with van der Waals surface area (Å²) in [7, 11) is 0. The standard InChI is InChI=1S/C23H19Cl2F2NO5S/c24-16-10-28(30)11-17(25)15(16)9-19(32-22(29)21-2-1-7-34-21)14-5-6-18(33-23(26)27)20(8-14)31-12-13-3-4-13/h1-2,5-8,10-11,13,19,23H,3-4,9,12H2. The fourth-order valence-electron chi connectivity index (χ4n) is 3.24. The molecule has 0 saturated heterocycles. The molecule has 3 aromatic rings. The van der Waals surface area contributed by atoms with Gasteiger partial charge in [0, 0.05) is 12.0 Å². The van der Waals surface area contributed by atoms with Crippen molar-refractivity contribution < 1.29 is 32.5 Å². The zero-order valence-electron chi connectivity index (χ0n) is 17.6. The Labute approximate surface area is 208 Å². The Morgan fingerprint density at radius 2 is 1.91 bits per heavy atom. The van der Waals surface area contributed by atoms with Crippen LogP contribution in [0, 0.1) is 11.1 Å². The van der Waals surface area contributed by atoms with Crippen molar-refractivity contribution in [2.24, 2.45) is 5.92 Å². The first-order chi connectivity index (χ1) is 16.3. The summed E-state index contributed by atoms with van der Waals surface area (Å²) in [6.07, 6.45) is 3.44. The number of carbonyl (C=O) groups excluding carboxylic acids is 1. The molecule has 1 unspecified atom stereocenters. The molecular formula is C23H19Cl2F2NO5S. The van der Waals surface area contributed by atoms with Crippen LogP contribution in [0.2, 0.25) is 10.0 Å². The topological polar surface area (TPSA) is 71.7 Å². The number of pyridine rings is 1. The largest absolute Gasteiger partial charge is 0.619 e. The van der Waals surface area contributed by atoms with E-state index in [2.05, 4.69) is 4.74 Å². The summed E-state index contributed by atoms with van der Waals surface area (Å²) in [6.45, 7) is -2.66. The molecule has 2 heterocycles. The average Bonchev–Trinajstić information content (AvgIpc) is 3.44. The number of thiophene rings is 1. The lowest BCUT2D eigenvalue weighted by Crippen LogP contribution is -2.25. The molecule has 1 saturated carbocycles. The highest BCUT2D eigenvalue weighted by Crippen LogP contribution is 2.38. The second-order valence-electron chi connectivity index (χ2n) is 7.71. The van der Waals surface area contributed by atoms with E-state index in [1.807, 2.05) is 0 Å². The van der Waals surface area contributed by atoms with E-state index < -0.39 is 18.7 Å². The van der Waals surface area contributed by atoms with Crippen LogP contribution in [-0.2, 0) is 11.2 Å². The molecule has 1 atom stereocenters. The minimum absolute atomic E-state index is 0.0345. The van der Waals surface area contributed by atoms with Crippen molar-refractivity contribution in [1.29, 1.82) is 0 Å². The van der Waals surface area contributed by atoms with Crippen LogP contribution in [0.15, 0.2) is 48.1 Å². The summed E-state index contributed by atoms with van der Waals surface area (Å²) in [6, 6.07) is 7.69. The number of hydrogen-bond donors (Lipinski definition) is 0. The van der Waals surface area contributed by atoms with Crippen LogP contribution in [0.25, 0.3) is 0 Å². The number of nitrogens with zero attached hydrogens (tertiary/aromatic N) is 1. The van der Waals surface area contributed by atoms with Gasteiger partial charge < -0.3 is 19.4 Å². The predicted molar refractivity (Wildman–Crippen MR) is 123 cm³/mol. The van der Waals surface area contributed by atoms with Crippen LogP contribution in [0.3, 0.4) is 0 Å². The van der Waals surface area contributed by atoms with Gasteiger partial charge in [-0.3, -0.25) is 0 Å². The number of halogens is 4. The molecule has 2 aromatic heterocycles. The molecule has 0 spiro atoms. The Balaban J connectivity index is 1.68. The molecule has 11 heteroatoms. The number of aromatic nitrogens is 1. The summed E-state index contributed by atoms with van der Waals surface area (Å²) in [5, 5.41) is 13.6. The zero-order valence-corrected chi connectivity index (χ0v) is 19.9. The van der Waals surface area contributed by atoms with Crippen LogP contribution in [0.1, 0.15) is 39.7 Å². The van der Waals surface area contributed by atoms with Crippen LogP contribution < -0.4 is 14.2 Å². The van der Waals surface area contributed by atoms with Gasteiger partial charge in [0.1, 0.15) is 21.0 Å². The highest BCUT2D eigenvalue weighted by molar-refractivity contribution is 7.11. The van der Waals surface area contributed by atoms with Crippen molar-refractivity contribution in [3.8, 4) is 11.5 Å². The molecule has 34 heavy (non-hydrogen) atoms. The maximum Gasteiger partial charge on any atom is 0.387 e. The molecule has 0 aliphatic heterocycles. The molecule has 4 rings (SSSR count). The van der Waals surface area contributed by atoms with E-state index in [1.54, 1.807) is 17.5 Å². The first kappa shape index (κ1) is 24.5. The quantitative estimate of drug-likeness (QED) is 0.177. The van der Waals surface area contributed by atoms with Crippen LogP contribution in [-0.4, -0.2) is 19.2 Å². The Morgan fingerprint density at radius 3 is 2.53 bits per heavy atom. The molecule has 1 fully saturated rings. The van der Waals surface area contributed by atoms with Crippen molar-refractivity contribution in [1.82, 2.24) is 0 Å². The van der Waals surface area contributed by atoms with Crippen molar-refractivity contribution in [3.63, 3.8) is 0 Å². The second kappa shape index (κ2) is 10.8. The fourth-order valence-corrected chi connectivity index (χ4v) is 4.45. The van der Waals surface area contributed by atoms with E-state index in [-0.39, 0.29) is 28.0 Å². The predicted octanol–water partition coefficient (Wildman–Crippen LogP) is 6.22. The number of hydrogen-bond acceptors (Lipinski definition) is 6. The number of ether oxygens (including phenoxy) is 3. The van der Waals surface area contributed by atoms with Gasteiger partial charge in [0.2, 0.25) is 0 Å². The Kier molecular flexibility index (Phi) is 7.75. The summed E-state index contributed by atoms with van der Waals surface area (Å²) in [4.78, 5) is 13.1. The fraction of sp³-hybridized carbons (Fsp3) is 0.304. The number of alkyl halides is 2. The van der Waals surface area contributed by atoms with Crippen molar-refractivity contribution >= 4 is 40.5 Å². The lowest BCUT2D eigenvalue weighted by molar-refractivity contribution is -0.605. The first-order valence-corrected chi connectivity index (χ1v) is 12.0. The Bertz CT molecular complexity index is 1140. The highest BCUT2D eigenvalue weighted by Gasteiger charge is 2.26. The molecule has 1 aromatic carbocycles. The number of rotatable bonds is 10. The third-order valence-corrected chi connectivity index (χ3v) is 6.65. The van der Waals surface area contributed by atoms with Gasteiger partial charge >= 0.3 is 12.6 Å². The summed E-state index contributed by atoms with van der Waals surface area (Å²) >= 11 is 13.7. The van der Waals surface area contributed by atoms with Gasteiger partial charge in [-0.25, -0.2) is 4.79 Å². The van der Waals surface area contributed by atoms with E-state index in [0.29, 0.717) is 33.3 Å². The molecule has 180 valence electrons. The maximum absolute atomic E-state index is 12.9. The zero-order chi connectivity index (χ0) is 24.2. The van der Waals surface area contributed by atoms with Gasteiger partial charge in [-0.15, -0.1) is 11.3 Å². The molecule has 6 nitrogen and oxygen atoms in total. The van der Waals surface area contributed by atoms with Crippen LogP contribution in [0.5, 0.6) is 11.5 Å². The van der Waals surface area contributed by atoms with Crippen molar-refractivity contribution in [2.45, 2.75) is 32.0 Å². The Hall–Kier alpha value is -2.62. The third-order valence-electron chi connectivity index (χ3n) is 5.15. The Morgan fingerprint density at radius 1 is 1.18 bits per heavy atom. The van der Waals surface area contributed by atoms with E-state index in [9.17, 15) is 18.8 Å². The van der Waals surface area contributed by atoms with Gasteiger partial charge in [-0.1, -0.05) is 35.3 Å². The second-order valence-corrected chi connectivity index (χ2v) is 9.47. The van der Waals surface area contributed by atoms with E-state index in [1.165, 1.54) is 29.5 Å². The van der Waals surface area contributed by atoms with Crippen LogP contribution in [0.4, 0.5) is 8.78 Å². The lowest BCUT2D eigenvalue weighted by Gasteiger charge is -2.21. The van der Waals surface area contributed by atoms with Crippen molar-refractivity contribution in [2.75, 3.05) is 6.61 Å². The van der Waals surface area contributed by atoms with Crippen LogP contribution >= 0.6 is 34.5 Å². The first-order valence-electron chi connectivity index (χ1n) is 10.3. The third kappa shape index (κ3) is 6.28. The molecule has 1 aliphatic carbocycles. The smallest absolute Gasteiger partial charge is 0.387 e. The number of benzene rings is 1. The molecule has 0 amide bonds. The normalized spacial score (nSPS) is 14.1. The molecule has 0 radical (unpaired) electrons. The molecule has 0 N–H and O–H groups in total. The number of carbonyl (C=O) groups is 1. The lowest BCUT2D eigenvalue weighted by atomic mass is 10.0. The maximum atomic E-state index is 12.9. The van der Waals surface area contributed by atoms with E-state index >= 15 is 0 Å². The number of esters is 1. The van der Waals surface area contributed by atoms with E-state index in [4.69, 9.17) is 32.7 Å². The molecular weight excluding hydrogens is 511 g/mol. The molecule has 0 bridgehead atoms. The summed E-state index contributed by atoms with van der Waals surface area (Å²) in [5.74, 6) is -0.206. The molecule has 1 aliphatic rings. The van der Waals surface area contributed by atoms with Gasteiger partial charge in [0.05, 0.1) is 6.61 Å². The average molecular weight is 530 g/mol.